The minimum atomic E-state index is -0.321. The molecule has 5 nitrogen and oxygen atoms in total. The second-order valence-corrected chi connectivity index (χ2v) is 6.32. The van der Waals surface area contributed by atoms with Gasteiger partial charge in [-0.05, 0) is 42.3 Å². The molecule has 1 atom stereocenters. The van der Waals surface area contributed by atoms with Gasteiger partial charge in [0.2, 0.25) is 11.8 Å². The average molecular weight is 354 g/mol. The van der Waals surface area contributed by atoms with Gasteiger partial charge in [0.15, 0.2) is 0 Å². The summed E-state index contributed by atoms with van der Waals surface area (Å²) in [4.78, 5) is 36.9. The number of carbonyl (C=O) groups is 3. The van der Waals surface area contributed by atoms with E-state index in [4.69, 9.17) is 0 Å². The second kappa shape index (κ2) is 7.47. The monoisotopic (exact) mass is 354 g/mol. The summed E-state index contributed by atoms with van der Waals surface area (Å²) in [6, 6.07) is 12.5. The van der Waals surface area contributed by atoms with E-state index in [2.05, 4.69) is 5.32 Å². The average Bonchev–Trinajstić information content (AvgIpc) is 2.94. The van der Waals surface area contributed by atoms with Gasteiger partial charge in [-0.2, -0.15) is 0 Å². The fourth-order valence-corrected chi connectivity index (χ4v) is 2.86. The lowest BCUT2D eigenvalue weighted by Crippen LogP contribution is -2.28. The number of benzene rings is 2. The molecule has 1 aliphatic heterocycles. The predicted octanol–water partition coefficient (Wildman–Crippen LogP) is 2.97. The zero-order chi connectivity index (χ0) is 18.7. The highest BCUT2D eigenvalue weighted by Crippen LogP contribution is 2.17. The number of imide groups is 1. The summed E-state index contributed by atoms with van der Waals surface area (Å²) >= 11 is 0. The van der Waals surface area contributed by atoms with Crippen LogP contribution < -0.4 is 5.32 Å². The Kier molecular flexibility index (Phi) is 5.11. The van der Waals surface area contributed by atoms with Crippen molar-refractivity contribution in [1.29, 1.82) is 0 Å². The van der Waals surface area contributed by atoms with Crippen molar-refractivity contribution in [3.8, 4) is 0 Å². The molecule has 1 fully saturated rings. The van der Waals surface area contributed by atoms with Gasteiger partial charge in [0.25, 0.3) is 5.91 Å². The van der Waals surface area contributed by atoms with Gasteiger partial charge in [0.1, 0.15) is 5.82 Å². The number of halogens is 1. The molecule has 0 saturated carbocycles. The Morgan fingerprint density at radius 3 is 2.19 bits per heavy atom. The van der Waals surface area contributed by atoms with Crippen molar-refractivity contribution in [1.82, 2.24) is 10.2 Å². The van der Waals surface area contributed by atoms with Crippen LogP contribution in [-0.2, 0) is 16.1 Å². The largest absolute Gasteiger partial charge is 0.346 e. The lowest BCUT2D eigenvalue weighted by atomic mass is 10.1. The number of carbonyl (C=O) groups excluding carboxylic acids is 3. The van der Waals surface area contributed by atoms with E-state index in [-0.39, 0.29) is 49.0 Å². The maximum atomic E-state index is 13.0. The summed E-state index contributed by atoms with van der Waals surface area (Å²) < 4.78 is 13.0. The van der Waals surface area contributed by atoms with Crippen LogP contribution in [-0.4, -0.2) is 22.6 Å². The van der Waals surface area contributed by atoms with E-state index < -0.39 is 0 Å². The topological polar surface area (TPSA) is 66.5 Å². The molecule has 6 heteroatoms. The maximum Gasteiger partial charge on any atom is 0.251 e. The van der Waals surface area contributed by atoms with Gasteiger partial charge in [-0.1, -0.05) is 24.3 Å². The molecule has 0 unspecified atom stereocenters. The van der Waals surface area contributed by atoms with Gasteiger partial charge in [0, 0.05) is 18.4 Å². The molecule has 2 aromatic carbocycles. The number of nitrogens with zero attached hydrogens (tertiary/aromatic N) is 1. The lowest BCUT2D eigenvalue weighted by molar-refractivity contribution is -0.139. The van der Waals surface area contributed by atoms with Crippen LogP contribution in [0.5, 0.6) is 0 Å². The van der Waals surface area contributed by atoms with Crippen molar-refractivity contribution in [2.45, 2.75) is 32.4 Å². The molecule has 1 N–H and O–H groups in total. The summed E-state index contributed by atoms with van der Waals surface area (Å²) in [5, 5.41) is 2.86. The molecule has 134 valence electrons. The number of likely N-dealkylation sites (tertiary alicyclic amines) is 1. The maximum absolute atomic E-state index is 13.0. The third-order valence-electron chi connectivity index (χ3n) is 4.43. The van der Waals surface area contributed by atoms with E-state index in [0.717, 1.165) is 11.1 Å². The van der Waals surface area contributed by atoms with Crippen molar-refractivity contribution in [3.05, 3.63) is 71.0 Å². The van der Waals surface area contributed by atoms with E-state index in [9.17, 15) is 18.8 Å². The number of nitrogens with one attached hydrogen (secondary N) is 1. The summed E-state index contributed by atoms with van der Waals surface area (Å²) in [6.07, 6.45) is 0.529. The summed E-state index contributed by atoms with van der Waals surface area (Å²) in [5.74, 6) is -0.894. The molecule has 1 saturated heterocycles. The van der Waals surface area contributed by atoms with Crippen LogP contribution in [0.1, 0.15) is 47.3 Å². The third kappa shape index (κ3) is 3.96. The van der Waals surface area contributed by atoms with Crippen molar-refractivity contribution in [3.63, 3.8) is 0 Å². The lowest BCUT2D eigenvalue weighted by Gasteiger charge is -2.16. The van der Waals surface area contributed by atoms with Crippen LogP contribution in [0, 0.1) is 5.82 Å². The quantitative estimate of drug-likeness (QED) is 0.840. The number of hydrogen-bond donors (Lipinski definition) is 1. The highest BCUT2D eigenvalue weighted by molar-refractivity contribution is 6.01. The van der Waals surface area contributed by atoms with Gasteiger partial charge in [-0.3, -0.25) is 19.3 Å². The minimum Gasteiger partial charge on any atom is -0.346 e. The summed E-state index contributed by atoms with van der Waals surface area (Å²) in [6.45, 7) is 2.05. The zero-order valence-corrected chi connectivity index (χ0v) is 14.4. The van der Waals surface area contributed by atoms with Crippen molar-refractivity contribution >= 4 is 17.7 Å². The third-order valence-corrected chi connectivity index (χ3v) is 4.43. The molecule has 0 aliphatic carbocycles. The number of rotatable bonds is 5. The summed E-state index contributed by atoms with van der Waals surface area (Å²) in [5.41, 5.74) is 2.07. The van der Waals surface area contributed by atoms with E-state index >= 15 is 0 Å². The highest BCUT2D eigenvalue weighted by atomic mass is 19.1. The molecule has 1 aliphatic rings. The predicted molar refractivity (Wildman–Crippen MR) is 93.5 cm³/mol. The molecule has 26 heavy (non-hydrogen) atoms. The molecule has 2 aromatic rings. The molecule has 3 amide bonds. The smallest absolute Gasteiger partial charge is 0.251 e. The first-order valence-corrected chi connectivity index (χ1v) is 8.42. The van der Waals surface area contributed by atoms with Crippen LogP contribution in [0.2, 0.25) is 0 Å². The van der Waals surface area contributed by atoms with Crippen molar-refractivity contribution in [2.24, 2.45) is 0 Å². The molecular formula is C20H19FN2O3. The first-order chi connectivity index (χ1) is 12.4. The molecule has 3 rings (SSSR count). The van der Waals surface area contributed by atoms with E-state index in [1.807, 2.05) is 6.92 Å². The second-order valence-electron chi connectivity index (χ2n) is 6.32. The normalized spacial score (nSPS) is 15.2. The van der Waals surface area contributed by atoms with Crippen LogP contribution in [0.3, 0.4) is 0 Å². The fourth-order valence-electron chi connectivity index (χ4n) is 2.86. The van der Waals surface area contributed by atoms with Crippen molar-refractivity contribution in [2.75, 3.05) is 0 Å². The molecule has 0 radical (unpaired) electrons. The Labute approximate surface area is 150 Å². The molecule has 0 aromatic heterocycles. The Morgan fingerprint density at radius 2 is 1.62 bits per heavy atom. The van der Waals surface area contributed by atoms with Crippen LogP contribution in [0.25, 0.3) is 0 Å². The van der Waals surface area contributed by atoms with Gasteiger partial charge in [-0.15, -0.1) is 0 Å². The first kappa shape index (κ1) is 17.8. The Bertz CT molecular complexity index is 815. The number of hydrogen-bond acceptors (Lipinski definition) is 3. The van der Waals surface area contributed by atoms with Gasteiger partial charge >= 0.3 is 0 Å². The molecule has 0 bridgehead atoms. The van der Waals surface area contributed by atoms with Crippen LogP contribution >= 0.6 is 0 Å². The summed E-state index contributed by atoms with van der Waals surface area (Å²) in [7, 11) is 0. The van der Waals surface area contributed by atoms with Gasteiger partial charge < -0.3 is 5.32 Å². The SMILES string of the molecule is C[C@@H](NC(=O)c1ccc(CN2C(=O)CCC2=O)cc1)c1ccc(F)cc1. The number of amides is 3. The molecule has 1 heterocycles. The molecular weight excluding hydrogens is 335 g/mol. The van der Waals surface area contributed by atoms with Gasteiger partial charge in [0.05, 0.1) is 12.6 Å². The Morgan fingerprint density at radius 1 is 1.04 bits per heavy atom. The fraction of sp³-hybridized carbons (Fsp3) is 0.250. The van der Waals surface area contributed by atoms with Crippen molar-refractivity contribution < 1.29 is 18.8 Å². The van der Waals surface area contributed by atoms with E-state index in [1.54, 1.807) is 36.4 Å². The Balaban J connectivity index is 1.62. The standard InChI is InChI=1S/C20H19FN2O3/c1-13(15-6-8-17(21)9-7-15)22-20(26)16-4-2-14(3-5-16)12-23-18(24)10-11-19(23)25/h2-9,13H,10-12H2,1H3,(H,22,26)/t13-/m1/s1. The Hall–Kier alpha value is -3.02. The first-order valence-electron chi connectivity index (χ1n) is 8.42. The zero-order valence-electron chi connectivity index (χ0n) is 14.4. The van der Waals surface area contributed by atoms with Crippen LogP contribution in [0.4, 0.5) is 4.39 Å². The van der Waals surface area contributed by atoms with Crippen LogP contribution in [0.15, 0.2) is 48.5 Å². The van der Waals surface area contributed by atoms with E-state index in [1.165, 1.54) is 17.0 Å². The minimum absolute atomic E-state index is 0.162. The van der Waals surface area contributed by atoms with Gasteiger partial charge in [-0.25, -0.2) is 4.39 Å². The highest BCUT2D eigenvalue weighted by Gasteiger charge is 2.28. The van der Waals surface area contributed by atoms with E-state index in [0.29, 0.717) is 5.56 Å². The molecule has 0 spiro atoms.